The highest BCUT2D eigenvalue weighted by Gasteiger charge is 2.08. The Labute approximate surface area is 162 Å². The largest absolute Gasteiger partial charge is 0.361 e. The number of hydrogen-bond donors (Lipinski definition) is 4. The molecule has 0 saturated carbocycles. The Kier molecular flexibility index (Phi) is 5.10. The van der Waals surface area contributed by atoms with Crippen molar-refractivity contribution in [3.05, 3.63) is 72.1 Å². The molecular formula is C22H22N4O2. The van der Waals surface area contributed by atoms with Gasteiger partial charge in [0.05, 0.1) is 0 Å². The summed E-state index contributed by atoms with van der Waals surface area (Å²) < 4.78 is 0. The Balaban J connectivity index is 1.20. The van der Waals surface area contributed by atoms with Crippen LogP contribution in [-0.4, -0.2) is 34.9 Å². The number of aromatic nitrogens is 2. The van der Waals surface area contributed by atoms with Gasteiger partial charge in [0.15, 0.2) is 0 Å². The van der Waals surface area contributed by atoms with Crippen molar-refractivity contribution in [3.63, 3.8) is 0 Å². The van der Waals surface area contributed by atoms with E-state index in [0.717, 1.165) is 27.4 Å². The van der Waals surface area contributed by atoms with Gasteiger partial charge in [0.25, 0.3) is 5.91 Å². The average molecular weight is 374 g/mol. The zero-order valence-corrected chi connectivity index (χ0v) is 15.4. The molecule has 2 amide bonds. The van der Waals surface area contributed by atoms with Crippen LogP contribution in [0.2, 0.25) is 0 Å². The molecule has 0 unspecified atom stereocenters. The fourth-order valence-electron chi connectivity index (χ4n) is 3.34. The van der Waals surface area contributed by atoms with Gasteiger partial charge in [-0.15, -0.1) is 0 Å². The number of nitrogens with one attached hydrogen (secondary N) is 4. The zero-order chi connectivity index (χ0) is 19.3. The van der Waals surface area contributed by atoms with Gasteiger partial charge in [-0.2, -0.15) is 0 Å². The predicted molar refractivity (Wildman–Crippen MR) is 110 cm³/mol. The summed E-state index contributed by atoms with van der Waals surface area (Å²) in [6.45, 7) is 0.795. The van der Waals surface area contributed by atoms with Crippen LogP contribution < -0.4 is 10.6 Å². The van der Waals surface area contributed by atoms with Gasteiger partial charge in [0, 0.05) is 53.9 Å². The highest BCUT2D eigenvalue weighted by atomic mass is 16.2. The number of aromatic amines is 2. The van der Waals surface area contributed by atoms with Crippen LogP contribution in [0.1, 0.15) is 22.3 Å². The highest BCUT2D eigenvalue weighted by molar-refractivity contribution is 5.97. The summed E-state index contributed by atoms with van der Waals surface area (Å²) in [5.74, 6) is -0.170. The van der Waals surface area contributed by atoms with E-state index in [2.05, 4.69) is 26.7 Å². The van der Waals surface area contributed by atoms with Crippen LogP contribution in [0.4, 0.5) is 0 Å². The number of carbonyl (C=O) groups is 2. The Hall–Kier alpha value is -3.54. The van der Waals surface area contributed by atoms with Crippen molar-refractivity contribution in [2.24, 2.45) is 0 Å². The molecule has 0 aliphatic rings. The standard InChI is InChI=1S/C22H22N4O2/c27-21(8-7-17-14-26-19-4-2-1-3-18(17)19)24-11-12-25-22(28)16-6-5-15-9-10-23-20(15)13-16/h1-6,9-10,13-14,23,26H,7-8,11-12H2,(H,24,27)(H,25,28). The third-order valence-electron chi connectivity index (χ3n) is 4.85. The molecule has 0 atom stereocenters. The molecule has 0 aliphatic heterocycles. The number of hydrogen-bond acceptors (Lipinski definition) is 2. The van der Waals surface area contributed by atoms with Crippen LogP contribution in [0.25, 0.3) is 21.8 Å². The van der Waals surface area contributed by atoms with Crippen LogP contribution in [0.5, 0.6) is 0 Å². The molecule has 0 saturated heterocycles. The van der Waals surface area contributed by atoms with Crippen molar-refractivity contribution >= 4 is 33.6 Å². The summed E-state index contributed by atoms with van der Waals surface area (Å²) >= 11 is 0. The van der Waals surface area contributed by atoms with Crippen LogP contribution in [0, 0.1) is 0 Å². The van der Waals surface area contributed by atoms with Crippen LogP contribution in [0.15, 0.2) is 60.9 Å². The first-order valence-corrected chi connectivity index (χ1v) is 9.38. The second-order valence-electron chi connectivity index (χ2n) is 6.75. The quantitative estimate of drug-likeness (QED) is 0.374. The van der Waals surface area contributed by atoms with E-state index in [9.17, 15) is 9.59 Å². The van der Waals surface area contributed by atoms with Crippen molar-refractivity contribution in [1.82, 2.24) is 20.6 Å². The molecule has 2 heterocycles. The van der Waals surface area contributed by atoms with Gasteiger partial charge in [-0.25, -0.2) is 0 Å². The molecule has 6 heteroatoms. The number of amides is 2. The minimum Gasteiger partial charge on any atom is -0.361 e. The van der Waals surface area contributed by atoms with E-state index in [1.54, 1.807) is 6.07 Å². The lowest BCUT2D eigenvalue weighted by Gasteiger charge is -2.07. The van der Waals surface area contributed by atoms with Crippen molar-refractivity contribution in [1.29, 1.82) is 0 Å². The third kappa shape index (κ3) is 3.91. The molecule has 0 fully saturated rings. The number of carbonyl (C=O) groups excluding carboxylic acids is 2. The Morgan fingerprint density at radius 2 is 1.75 bits per heavy atom. The van der Waals surface area contributed by atoms with E-state index >= 15 is 0 Å². The first-order valence-electron chi connectivity index (χ1n) is 9.38. The van der Waals surface area contributed by atoms with Crippen molar-refractivity contribution in [2.45, 2.75) is 12.8 Å². The van der Waals surface area contributed by atoms with Gasteiger partial charge < -0.3 is 20.6 Å². The first-order chi connectivity index (χ1) is 13.7. The monoisotopic (exact) mass is 374 g/mol. The number of H-pyrrole nitrogens is 2. The summed E-state index contributed by atoms with van der Waals surface area (Å²) in [7, 11) is 0. The summed E-state index contributed by atoms with van der Waals surface area (Å²) in [6, 6.07) is 15.6. The van der Waals surface area contributed by atoms with Crippen molar-refractivity contribution in [3.8, 4) is 0 Å². The average Bonchev–Trinajstić information content (AvgIpc) is 3.35. The second-order valence-corrected chi connectivity index (χ2v) is 6.75. The molecule has 0 radical (unpaired) electrons. The molecule has 4 aromatic rings. The molecular weight excluding hydrogens is 352 g/mol. The maximum Gasteiger partial charge on any atom is 0.251 e. The maximum absolute atomic E-state index is 12.2. The van der Waals surface area contributed by atoms with E-state index in [1.165, 1.54) is 0 Å². The van der Waals surface area contributed by atoms with Gasteiger partial charge >= 0.3 is 0 Å². The summed E-state index contributed by atoms with van der Waals surface area (Å²) in [5.41, 5.74) is 3.75. The Morgan fingerprint density at radius 3 is 2.68 bits per heavy atom. The number of fused-ring (bicyclic) bond motifs is 2. The fraction of sp³-hybridized carbons (Fsp3) is 0.182. The zero-order valence-electron chi connectivity index (χ0n) is 15.4. The lowest BCUT2D eigenvalue weighted by molar-refractivity contribution is -0.121. The minimum absolute atomic E-state index is 0.0210. The Morgan fingerprint density at radius 1 is 0.893 bits per heavy atom. The van der Waals surface area contributed by atoms with Gasteiger partial charge in [0.1, 0.15) is 0 Å². The maximum atomic E-state index is 12.2. The molecule has 0 spiro atoms. The van der Waals surface area contributed by atoms with Gasteiger partial charge in [-0.1, -0.05) is 24.3 Å². The molecule has 0 aliphatic carbocycles. The van der Waals surface area contributed by atoms with E-state index in [-0.39, 0.29) is 11.8 Å². The normalized spacial score (nSPS) is 11.0. The Bertz CT molecular complexity index is 1130. The summed E-state index contributed by atoms with van der Waals surface area (Å²) in [4.78, 5) is 30.6. The minimum atomic E-state index is -0.149. The molecule has 28 heavy (non-hydrogen) atoms. The molecule has 2 aromatic carbocycles. The highest BCUT2D eigenvalue weighted by Crippen LogP contribution is 2.18. The number of para-hydroxylation sites is 1. The van der Waals surface area contributed by atoms with Crippen LogP contribution in [-0.2, 0) is 11.2 Å². The van der Waals surface area contributed by atoms with E-state index in [4.69, 9.17) is 0 Å². The predicted octanol–water partition coefficient (Wildman–Crippen LogP) is 3.13. The summed E-state index contributed by atoms with van der Waals surface area (Å²) in [5, 5.41) is 7.91. The van der Waals surface area contributed by atoms with Crippen LogP contribution >= 0.6 is 0 Å². The number of rotatable bonds is 7. The molecule has 142 valence electrons. The van der Waals surface area contributed by atoms with Gasteiger partial charge in [-0.3, -0.25) is 9.59 Å². The SMILES string of the molecule is O=C(CCc1c[nH]c2ccccc12)NCCNC(=O)c1ccc2cc[nH]c2c1. The van der Waals surface area contributed by atoms with E-state index < -0.39 is 0 Å². The molecule has 6 nitrogen and oxygen atoms in total. The third-order valence-corrected chi connectivity index (χ3v) is 4.85. The lowest BCUT2D eigenvalue weighted by atomic mass is 10.1. The smallest absolute Gasteiger partial charge is 0.251 e. The van der Waals surface area contributed by atoms with E-state index in [1.807, 2.05) is 48.8 Å². The summed E-state index contributed by atoms with van der Waals surface area (Å²) in [6.07, 6.45) is 4.90. The van der Waals surface area contributed by atoms with Gasteiger partial charge in [0.2, 0.25) is 5.91 Å². The first kappa shape index (κ1) is 17.9. The molecule has 0 bridgehead atoms. The van der Waals surface area contributed by atoms with Gasteiger partial charge in [-0.05, 0) is 41.6 Å². The van der Waals surface area contributed by atoms with Crippen LogP contribution in [0.3, 0.4) is 0 Å². The second kappa shape index (κ2) is 8.00. The van der Waals surface area contributed by atoms with Crippen molar-refractivity contribution in [2.75, 3.05) is 13.1 Å². The molecule has 4 N–H and O–H groups in total. The molecule has 2 aromatic heterocycles. The molecule has 4 rings (SSSR count). The van der Waals surface area contributed by atoms with Crippen molar-refractivity contribution < 1.29 is 9.59 Å². The fourth-order valence-corrected chi connectivity index (χ4v) is 3.34. The number of aryl methyl sites for hydroxylation is 1. The lowest BCUT2D eigenvalue weighted by Crippen LogP contribution is -2.34. The van der Waals surface area contributed by atoms with E-state index in [0.29, 0.717) is 31.5 Å². The number of benzene rings is 2. The topological polar surface area (TPSA) is 89.8 Å².